The second kappa shape index (κ2) is 23.2. The molecule has 10 rings (SSSR count). The van der Waals surface area contributed by atoms with Gasteiger partial charge in [-0.2, -0.15) is 0 Å². The van der Waals surface area contributed by atoms with Crippen LogP contribution in [0.3, 0.4) is 0 Å². The van der Waals surface area contributed by atoms with E-state index in [9.17, 15) is 52.7 Å². The summed E-state index contributed by atoms with van der Waals surface area (Å²) in [5.41, 5.74) is -9.79. The van der Waals surface area contributed by atoms with Gasteiger partial charge in [0.15, 0.2) is 69.8 Å². The van der Waals surface area contributed by atoms with E-state index in [4.69, 9.17) is 4.74 Å². The van der Waals surface area contributed by atoms with E-state index in [0.717, 1.165) is 33.4 Å². The molecule has 10 aromatic carbocycles. The molecule has 0 spiro atoms. The lowest BCUT2D eigenvalue weighted by atomic mass is 9.12. The van der Waals surface area contributed by atoms with Gasteiger partial charge < -0.3 is 4.74 Å². The van der Waals surface area contributed by atoms with E-state index in [1.54, 1.807) is 0 Å². The minimum atomic E-state index is -7.22. The van der Waals surface area contributed by atoms with Gasteiger partial charge in [-0.15, -0.1) is 21.9 Å². The normalized spacial score (nSPS) is 11.9. The zero-order valence-corrected chi connectivity index (χ0v) is 41.9. The Morgan fingerprint density at radius 3 is 0.429 bits per heavy atom. The lowest BCUT2D eigenvalue weighted by molar-refractivity contribution is -0.0810. The van der Waals surface area contributed by atoms with Crippen molar-refractivity contribution in [3.05, 3.63) is 332 Å². The predicted molar refractivity (Wildman–Crippen MR) is 269 cm³/mol. The second-order valence-electron chi connectivity index (χ2n) is 18.5. The molecule has 0 heterocycles. The first-order valence-electron chi connectivity index (χ1n) is 24.3. The van der Waals surface area contributed by atoms with Gasteiger partial charge in [0.1, 0.15) is 63.9 Å². The molecule has 22 heteroatoms. The van der Waals surface area contributed by atoms with Crippen molar-refractivity contribution in [2.45, 2.75) is 11.2 Å². The molecular weight excluding hydrogens is 1150 g/mol. The van der Waals surface area contributed by atoms with Crippen LogP contribution in [0.2, 0.25) is 0 Å². The molecule has 0 atom stereocenters. The fraction of sp³-hybridized carbons (Fsp3) is 0.0323. The van der Waals surface area contributed by atoms with E-state index < -0.39 is 156 Å². The SMILES string of the molecule is Fc1c(F)c(F)c([B-](c2c(F)c(F)c(F)c(F)c2F)(c2c(F)c(F)c(F)c(F)c2F)c2c(F)c(F)c(F)c(F)c2F)c(F)c1F.c1ccc(C(OC(c2ccccc2)(c2ccccc2)c2ccccc2)(c2ccccc2)c2ccccc2)cc1. The minimum Gasteiger partial charge on any atom is -0.340 e. The third kappa shape index (κ3) is 9.32. The number of ether oxygens (including phenoxy) is 1. The summed E-state index contributed by atoms with van der Waals surface area (Å²) in [4.78, 5) is 0. The van der Waals surface area contributed by atoms with Gasteiger partial charge >= 0.3 is 0 Å². The molecule has 0 amide bonds. The average molecular weight is 1180 g/mol. The number of hydrogen-bond acceptors (Lipinski definition) is 1. The number of benzene rings is 10. The summed E-state index contributed by atoms with van der Waals surface area (Å²) in [6.07, 6.45) is -7.22. The predicted octanol–water partition coefficient (Wildman–Crippen LogP) is 14.8. The fourth-order valence-electron chi connectivity index (χ4n) is 10.5. The molecule has 0 aliphatic rings. The third-order valence-electron chi connectivity index (χ3n) is 14.1. The van der Waals surface area contributed by atoms with Crippen molar-refractivity contribution < 1.29 is 92.5 Å². The van der Waals surface area contributed by atoms with Gasteiger partial charge in [-0.05, 0) is 33.4 Å². The highest BCUT2D eigenvalue weighted by Crippen LogP contribution is 2.51. The quantitative estimate of drug-likeness (QED) is 0.0389. The fourth-order valence-corrected chi connectivity index (χ4v) is 10.5. The van der Waals surface area contributed by atoms with Gasteiger partial charge in [-0.3, -0.25) is 0 Å². The maximum Gasteiger partial charge on any atom is 0.200 e. The highest BCUT2D eigenvalue weighted by molar-refractivity contribution is 7.20. The van der Waals surface area contributed by atoms with Crippen LogP contribution in [-0.2, 0) is 15.9 Å². The van der Waals surface area contributed by atoms with Crippen molar-refractivity contribution in [3.8, 4) is 0 Å². The molecule has 1 nitrogen and oxygen atoms in total. The van der Waals surface area contributed by atoms with Gasteiger partial charge in [0.25, 0.3) is 0 Å². The van der Waals surface area contributed by atoms with Gasteiger partial charge in [-0.25, -0.2) is 87.8 Å². The standard InChI is InChI=1S/C38H30O.C24BF20/c1-7-19-31(20-8-1)37(32-21-9-2-10-22-32,33-23-11-3-12-24-33)39-38(34-25-13-4-14-26-34,35-27-15-5-16-28-35)36-29-17-6-18-30-36;26-5-1(6(27)14(35)21(42)13(5)34)25(2-7(28)15(36)22(43)16(37)8(2)29,3-9(30)17(38)23(44)18(39)10(3)31)4-11(32)19(40)24(45)20(41)12(4)33/h1-30H;/q;-1. The molecule has 0 N–H and O–H groups in total. The van der Waals surface area contributed by atoms with Crippen LogP contribution in [0.5, 0.6) is 0 Å². The number of halogens is 20. The zero-order chi connectivity index (χ0) is 60.7. The highest BCUT2D eigenvalue weighted by atomic mass is 19.2. The van der Waals surface area contributed by atoms with Crippen molar-refractivity contribution >= 4 is 28.0 Å². The summed E-state index contributed by atoms with van der Waals surface area (Å²) in [7, 11) is 0. The molecule has 428 valence electrons. The van der Waals surface area contributed by atoms with E-state index in [-0.39, 0.29) is 0 Å². The molecule has 0 unspecified atom stereocenters. The van der Waals surface area contributed by atoms with E-state index >= 15 is 35.1 Å². The Balaban J connectivity index is 0.000000203. The molecule has 10 aromatic rings. The Kier molecular flexibility index (Phi) is 16.4. The Bertz CT molecular complexity index is 3390. The Morgan fingerprint density at radius 2 is 0.298 bits per heavy atom. The molecule has 0 saturated carbocycles. The van der Waals surface area contributed by atoms with E-state index in [0.29, 0.717) is 0 Å². The molecular formula is C62H30BF20O-. The largest absolute Gasteiger partial charge is 0.340 e. The van der Waals surface area contributed by atoms with Crippen LogP contribution < -0.4 is 21.9 Å². The van der Waals surface area contributed by atoms with Crippen LogP contribution in [0.25, 0.3) is 0 Å². The topological polar surface area (TPSA) is 9.23 Å². The van der Waals surface area contributed by atoms with Crippen LogP contribution in [0.15, 0.2) is 182 Å². The zero-order valence-electron chi connectivity index (χ0n) is 41.9. The highest BCUT2D eigenvalue weighted by Gasteiger charge is 2.53. The lowest BCUT2D eigenvalue weighted by Crippen LogP contribution is -2.81. The summed E-state index contributed by atoms with van der Waals surface area (Å²) in [5, 5.41) is 0. The summed E-state index contributed by atoms with van der Waals surface area (Å²) >= 11 is 0. The van der Waals surface area contributed by atoms with Gasteiger partial charge in [0.2, 0.25) is 0 Å². The van der Waals surface area contributed by atoms with Crippen LogP contribution in [0, 0.1) is 116 Å². The molecule has 0 fully saturated rings. The van der Waals surface area contributed by atoms with Gasteiger partial charge in [0.05, 0.1) is 0 Å². The van der Waals surface area contributed by atoms with Gasteiger partial charge in [0, 0.05) is 0 Å². The summed E-state index contributed by atoms with van der Waals surface area (Å²) in [6, 6.07) is 63.5. The van der Waals surface area contributed by atoms with Crippen LogP contribution >= 0.6 is 0 Å². The minimum absolute atomic E-state index is 0.925. The van der Waals surface area contributed by atoms with Crippen molar-refractivity contribution in [1.29, 1.82) is 0 Å². The van der Waals surface area contributed by atoms with Crippen molar-refractivity contribution in [1.82, 2.24) is 0 Å². The van der Waals surface area contributed by atoms with E-state index in [2.05, 4.69) is 182 Å². The number of hydrogen-bond donors (Lipinski definition) is 0. The Hall–Kier alpha value is -9.18. The molecule has 84 heavy (non-hydrogen) atoms. The molecule has 0 aromatic heterocycles. The summed E-state index contributed by atoms with van der Waals surface area (Å²) in [6.45, 7) is 0. The first kappa shape index (κ1) is 59.4. The van der Waals surface area contributed by atoms with Gasteiger partial charge in [-0.1, -0.05) is 182 Å². The molecule has 0 aliphatic carbocycles. The first-order chi connectivity index (χ1) is 40.0. The molecule has 0 saturated heterocycles. The monoisotopic (exact) mass is 1180 g/mol. The lowest BCUT2D eigenvalue weighted by Gasteiger charge is -2.46. The Morgan fingerprint density at radius 1 is 0.179 bits per heavy atom. The molecule has 0 aliphatic heterocycles. The maximum atomic E-state index is 15.4. The maximum absolute atomic E-state index is 15.4. The van der Waals surface area contributed by atoms with Crippen LogP contribution in [0.1, 0.15) is 33.4 Å². The van der Waals surface area contributed by atoms with E-state index in [1.165, 1.54) is 0 Å². The Labute approximate surface area is 462 Å². The summed E-state index contributed by atoms with van der Waals surface area (Å²) < 4.78 is 302. The molecule has 0 bridgehead atoms. The number of rotatable bonds is 12. The van der Waals surface area contributed by atoms with Crippen molar-refractivity contribution in [3.63, 3.8) is 0 Å². The molecule has 0 radical (unpaired) electrons. The van der Waals surface area contributed by atoms with Crippen LogP contribution in [-0.4, -0.2) is 6.15 Å². The summed E-state index contributed by atoms with van der Waals surface area (Å²) in [5.74, 6) is -71.4. The van der Waals surface area contributed by atoms with Crippen LogP contribution in [0.4, 0.5) is 87.8 Å². The second-order valence-corrected chi connectivity index (χ2v) is 18.5. The third-order valence-corrected chi connectivity index (χ3v) is 14.1. The first-order valence-corrected chi connectivity index (χ1v) is 24.3. The van der Waals surface area contributed by atoms with Crippen molar-refractivity contribution in [2.75, 3.05) is 0 Å². The van der Waals surface area contributed by atoms with E-state index in [1.807, 2.05) is 0 Å². The smallest absolute Gasteiger partial charge is 0.200 e. The van der Waals surface area contributed by atoms with Crippen molar-refractivity contribution in [2.24, 2.45) is 0 Å². The average Bonchev–Trinajstić information content (AvgIpc) is 0.801.